The van der Waals surface area contributed by atoms with E-state index in [-0.39, 0.29) is 11.3 Å². The van der Waals surface area contributed by atoms with Crippen LogP contribution in [0, 0.1) is 12.3 Å². The van der Waals surface area contributed by atoms with E-state index >= 15 is 0 Å². The SMILES string of the molecule is CC.Cc1cc(NC(=O)C2(C)CCN(C(C)C)CC2)ccn1. The molecule has 1 amide bonds. The number of aromatic nitrogens is 1. The number of nitrogens with one attached hydrogen (secondary N) is 1. The number of amides is 1. The molecule has 0 aromatic carbocycles. The van der Waals surface area contributed by atoms with Gasteiger partial charge >= 0.3 is 0 Å². The molecule has 1 saturated heterocycles. The molecule has 1 N–H and O–H groups in total. The van der Waals surface area contributed by atoms with Crippen LogP contribution >= 0.6 is 0 Å². The quantitative estimate of drug-likeness (QED) is 0.922. The Morgan fingerprint density at radius 3 is 2.41 bits per heavy atom. The number of aryl methyl sites for hydroxylation is 1. The normalized spacial score (nSPS) is 17.6. The van der Waals surface area contributed by atoms with Crippen LogP contribution in [0.25, 0.3) is 0 Å². The maximum Gasteiger partial charge on any atom is 0.230 e. The molecule has 0 aliphatic carbocycles. The van der Waals surface area contributed by atoms with E-state index in [9.17, 15) is 4.79 Å². The maximum atomic E-state index is 12.5. The van der Waals surface area contributed by atoms with Crippen LogP contribution in [0.15, 0.2) is 18.3 Å². The van der Waals surface area contributed by atoms with Crippen molar-refractivity contribution >= 4 is 11.6 Å². The molecule has 2 heterocycles. The van der Waals surface area contributed by atoms with Gasteiger partial charge in [0, 0.05) is 29.0 Å². The minimum Gasteiger partial charge on any atom is -0.325 e. The maximum absolute atomic E-state index is 12.5. The topological polar surface area (TPSA) is 45.2 Å². The Kier molecular flexibility index (Phi) is 7.01. The third kappa shape index (κ3) is 4.80. The highest BCUT2D eigenvalue weighted by molar-refractivity contribution is 5.95. The third-order valence-electron chi connectivity index (χ3n) is 4.33. The summed E-state index contributed by atoms with van der Waals surface area (Å²) < 4.78 is 0. The van der Waals surface area contributed by atoms with Crippen molar-refractivity contribution in [3.05, 3.63) is 24.0 Å². The number of nitrogens with zero attached hydrogens (tertiary/aromatic N) is 2. The molecule has 2 rings (SSSR count). The van der Waals surface area contributed by atoms with Gasteiger partial charge in [-0.25, -0.2) is 0 Å². The lowest BCUT2D eigenvalue weighted by Crippen LogP contribution is -2.47. The second kappa shape index (κ2) is 8.28. The smallest absolute Gasteiger partial charge is 0.230 e. The van der Waals surface area contributed by atoms with E-state index in [2.05, 4.69) is 36.0 Å². The molecule has 1 aliphatic rings. The summed E-state index contributed by atoms with van der Waals surface area (Å²) in [6, 6.07) is 4.31. The number of likely N-dealkylation sites (tertiary alicyclic amines) is 1. The Balaban J connectivity index is 0.00000116. The number of anilines is 1. The Hall–Kier alpha value is -1.42. The third-order valence-corrected chi connectivity index (χ3v) is 4.33. The van der Waals surface area contributed by atoms with Crippen LogP contribution in [0.4, 0.5) is 5.69 Å². The van der Waals surface area contributed by atoms with Crippen LogP contribution in [0.2, 0.25) is 0 Å². The fourth-order valence-corrected chi connectivity index (χ4v) is 2.67. The van der Waals surface area contributed by atoms with Crippen LogP contribution < -0.4 is 5.32 Å². The number of carbonyl (C=O) groups excluding carboxylic acids is 1. The zero-order valence-corrected chi connectivity index (χ0v) is 14.9. The van der Waals surface area contributed by atoms with Gasteiger partial charge in [0.25, 0.3) is 0 Å². The van der Waals surface area contributed by atoms with Gasteiger partial charge < -0.3 is 10.2 Å². The van der Waals surface area contributed by atoms with Crippen LogP contribution in [0.1, 0.15) is 53.2 Å². The van der Waals surface area contributed by atoms with E-state index in [1.807, 2.05) is 32.9 Å². The van der Waals surface area contributed by atoms with Gasteiger partial charge in [-0.05, 0) is 58.8 Å². The van der Waals surface area contributed by atoms with Crippen LogP contribution in [0.3, 0.4) is 0 Å². The molecular weight excluding hydrogens is 274 g/mol. The summed E-state index contributed by atoms with van der Waals surface area (Å²) in [4.78, 5) is 19.1. The van der Waals surface area contributed by atoms with Crippen molar-refractivity contribution in [2.75, 3.05) is 18.4 Å². The standard InChI is InChI=1S/C16H25N3O.C2H6/c1-12(2)19-9-6-16(4,7-10-19)15(20)18-14-5-8-17-13(3)11-14;1-2/h5,8,11-12H,6-7,9-10H2,1-4H3,(H,17,18,20);1-2H3. The van der Waals surface area contributed by atoms with Crippen LogP contribution in [-0.2, 0) is 4.79 Å². The largest absolute Gasteiger partial charge is 0.325 e. The molecule has 0 spiro atoms. The molecule has 0 atom stereocenters. The van der Waals surface area contributed by atoms with E-state index in [0.717, 1.165) is 37.3 Å². The van der Waals surface area contributed by atoms with Gasteiger partial charge in [-0.2, -0.15) is 0 Å². The van der Waals surface area contributed by atoms with E-state index < -0.39 is 0 Å². The first-order chi connectivity index (χ1) is 10.4. The summed E-state index contributed by atoms with van der Waals surface area (Å²) in [6.45, 7) is 14.4. The van der Waals surface area contributed by atoms with Gasteiger partial charge in [-0.1, -0.05) is 20.8 Å². The van der Waals surface area contributed by atoms with Crippen molar-refractivity contribution in [1.82, 2.24) is 9.88 Å². The second-order valence-corrected chi connectivity index (χ2v) is 6.33. The summed E-state index contributed by atoms with van der Waals surface area (Å²) in [6.07, 6.45) is 3.57. The van der Waals surface area contributed by atoms with Gasteiger partial charge in [-0.15, -0.1) is 0 Å². The van der Waals surface area contributed by atoms with E-state index in [1.54, 1.807) is 6.20 Å². The fourth-order valence-electron chi connectivity index (χ4n) is 2.67. The predicted molar refractivity (Wildman–Crippen MR) is 93.0 cm³/mol. The van der Waals surface area contributed by atoms with Crippen molar-refractivity contribution in [3.63, 3.8) is 0 Å². The zero-order valence-electron chi connectivity index (χ0n) is 14.9. The molecule has 22 heavy (non-hydrogen) atoms. The Morgan fingerprint density at radius 2 is 1.91 bits per heavy atom. The first-order valence-corrected chi connectivity index (χ1v) is 8.39. The molecule has 1 fully saturated rings. The molecule has 0 unspecified atom stereocenters. The lowest BCUT2D eigenvalue weighted by atomic mass is 9.79. The fraction of sp³-hybridized carbons (Fsp3) is 0.667. The van der Waals surface area contributed by atoms with Gasteiger partial charge in [0.1, 0.15) is 0 Å². The number of hydrogen-bond acceptors (Lipinski definition) is 3. The summed E-state index contributed by atoms with van der Waals surface area (Å²) >= 11 is 0. The summed E-state index contributed by atoms with van der Waals surface area (Å²) in [5.74, 6) is 0.131. The van der Waals surface area contributed by atoms with Crippen LogP contribution in [-0.4, -0.2) is 34.9 Å². The monoisotopic (exact) mass is 305 g/mol. The molecule has 0 bridgehead atoms. The van der Waals surface area contributed by atoms with Gasteiger partial charge in [0.2, 0.25) is 5.91 Å². The molecule has 0 saturated carbocycles. The molecule has 4 heteroatoms. The summed E-state index contributed by atoms with van der Waals surface area (Å²) in [5.41, 5.74) is 1.50. The molecule has 1 aromatic heterocycles. The molecule has 124 valence electrons. The van der Waals surface area contributed by atoms with Gasteiger partial charge in [0.15, 0.2) is 0 Å². The highest BCUT2D eigenvalue weighted by Gasteiger charge is 2.37. The number of piperidine rings is 1. The van der Waals surface area contributed by atoms with Crippen LogP contribution in [0.5, 0.6) is 0 Å². The first-order valence-electron chi connectivity index (χ1n) is 8.39. The highest BCUT2D eigenvalue weighted by Crippen LogP contribution is 2.33. The predicted octanol–water partition coefficient (Wildman–Crippen LogP) is 3.87. The van der Waals surface area contributed by atoms with Crippen molar-refractivity contribution in [2.24, 2.45) is 5.41 Å². The van der Waals surface area contributed by atoms with Crippen molar-refractivity contribution in [1.29, 1.82) is 0 Å². The van der Waals surface area contributed by atoms with Crippen molar-refractivity contribution in [3.8, 4) is 0 Å². The van der Waals surface area contributed by atoms with Crippen molar-refractivity contribution in [2.45, 2.75) is 60.4 Å². The minimum atomic E-state index is -0.261. The van der Waals surface area contributed by atoms with E-state index in [4.69, 9.17) is 0 Å². The molecular formula is C18H31N3O. The number of rotatable bonds is 3. The Morgan fingerprint density at radius 1 is 1.32 bits per heavy atom. The number of carbonyl (C=O) groups is 1. The van der Waals surface area contributed by atoms with E-state index in [0.29, 0.717) is 6.04 Å². The Bertz CT molecular complexity index is 477. The first kappa shape index (κ1) is 18.6. The highest BCUT2D eigenvalue weighted by atomic mass is 16.2. The molecule has 1 aromatic rings. The molecule has 1 aliphatic heterocycles. The Labute approximate surface area is 135 Å². The van der Waals surface area contributed by atoms with Crippen molar-refractivity contribution < 1.29 is 4.79 Å². The summed E-state index contributed by atoms with van der Waals surface area (Å²) in [7, 11) is 0. The number of hydrogen-bond donors (Lipinski definition) is 1. The second-order valence-electron chi connectivity index (χ2n) is 6.33. The minimum absolute atomic E-state index is 0.131. The molecule has 0 radical (unpaired) electrons. The average molecular weight is 305 g/mol. The molecule has 4 nitrogen and oxygen atoms in total. The lowest BCUT2D eigenvalue weighted by molar-refractivity contribution is -0.127. The van der Waals surface area contributed by atoms with E-state index in [1.165, 1.54) is 0 Å². The lowest BCUT2D eigenvalue weighted by Gasteiger charge is -2.40. The summed E-state index contributed by atoms with van der Waals surface area (Å²) in [5, 5.41) is 3.04. The zero-order chi connectivity index (χ0) is 16.8. The van der Waals surface area contributed by atoms with Gasteiger partial charge in [0.05, 0.1) is 0 Å². The van der Waals surface area contributed by atoms with Gasteiger partial charge in [-0.3, -0.25) is 9.78 Å². The number of pyridine rings is 1. The average Bonchev–Trinajstić information content (AvgIpc) is 2.49.